The molecule has 1 saturated heterocycles. The van der Waals surface area contributed by atoms with Crippen molar-refractivity contribution in [1.29, 1.82) is 0 Å². The van der Waals surface area contributed by atoms with Gasteiger partial charge >= 0.3 is 5.69 Å². The van der Waals surface area contributed by atoms with E-state index in [1.807, 2.05) is 0 Å². The molecule has 1 aromatic carbocycles. The summed E-state index contributed by atoms with van der Waals surface area (Å²) in [6.45, 7) is 1.70. The number of anilines is 1. The molecule has 0 unspecified atom stereocenters. The van der Waals surface area contributed by atoms with E-state index >= 15 is 0 Å². The number of rotatable bonds is 5. The maximum absolute atomic E-state index is 13.8. The summed E-state index contributed by atoms with van der Waals surface area (Å²) < 4.78 is 13.8. The van der Waals surface area contributed by atoms with Gasteiger partial charge in [-0.15, -0.1) is 0 Å². The molecular weight excluding hydrogens is 301 g/mol. The molecule has 1 atom stereocenters. The molecule has 7 heteroatoms. The van der Waals surface area contributed by atoms with Crippen molar-refractivity contribution < 1.29 is 14.1 Å². The number of nitro groups is 1. The van der Waals surface area contributed by atoms with E-state index in [0.717, 1.165) is 25.5 Å². The summed E-state index contributed by atoms with van der Waals surface area (Å²) in [5, 5.41) is 14.1. The number of nitrogens with zero attached hydrogens (tertiary/aromatic N) is 2. The van der Waals surface area contributed by atoms with E-state index in [1.54, 1.807) is 11.0 Å². The van der Waals surface area contributed by atoms with Crippen LogP contribution in [-0.4, -0.2) is 30.5 Å². The fourth-order valence-electron chi connectivity index (χ4n) is 3.06. The van der Waals surface area contributed by atoms with Gasteiger partial charge in [-0.2, -0.15) is 4.39 Å². The second kappa shape index (κ2) is 6.52. The van der Waals surface area contributed by atoms with E-state index in [2.05, 4.69) is 5.32 Å². The minimum absolute atomic E-state index is 0.000608. The van der Waals surface area contributed by atoms with Crippen LogP contribution in [0.3, 0.4) is 0 Å². The van der Waals surface area contributed by atoms with Crippen molar-refractivity contribution in [3.05, 3.63) is 34.1 Å². The van der Waals surface area contributed by atoms with Crippen LogP contribution in [0.1, 0.15) is 25.7 Å². The van der Waals surface area contributed by atoms with E-state index < -0.39 is 16.4 Å². The maximum Gasteiger partial charge on any atom is 0.327 e. The highest BCUT2D eigenvalue weighted by Gasteiger charge is 2.31. The van der Waals surface area contributed by atoms with Crippen LogP contribution in [0.2, 0.25) is 0 Å². The van der Waals surface area contributed by atoms with Crippen molar-refractivity contribution in [3.8, 4) is 0 Å². The third-order valence-electron chi connectivity index (χ3n) is 4.54. The Bertz CT molecular complexity index is 619. The molecule has 0 bridgehead atoms. The van der Waals surface area contributed by atoms with Crippen molar-refractivity contribution in [2.24, 2.45) is 11.8 Å². The second-order valence-corrected chi connectivity index (χ2v) is 6.34. The Kier molecular flexibility index (Phi) is 4.45. The number of benzene rings is 1. The number of hydrogen-bond acceptors (Lipinski definition) is 4. The minimum Gasteiger partial charge on any atom is -0.365 e. The number of piperidine rings is 1. The Morgan fingerprint density at radius 2 is 2.17 bits per heavy atom. The fraction of sp³-hybridized carbons (Fsp3) is 0.562. The molecule has 2 aliphatic rings. The van der Waals surface area contributed by atoms with Gasteiger partial charge in [0.15, 0.2) is 0 Å². The highest BCUT2D eigenvalue weighted by Crippen LogP contribution is 2.33. The Balaban J connectivity index is 1.72. The van der Waals surface area contributed by atoms with Crippen LogP contribution < -0.4 is 10.2 Å². The van der Waals surface area contributed by atoms with Gasteiger partial charge in [-0.25, -0.2) is 0 Å². The molecule has 1 saturated carbocycles. The van der Waals surface area contributed by atoms with E-state index in [9.17, 15) is 19.3 Å². The lowest BCUT2D eigenvalue weighted by molar-refractivity contribution is -0.386. The third-order valence-corrected chi connectivity index (χ3v) is 4.54. The standard InChI is InChI=1S/C16H20FN3O3/c17-13-4-1-5-14(15(13)20(22)23)19-8-2-3-12(10-19)16(21)18-9-11-6-7-11/h1,4-5,11-12H,2-3,6-10H2,(H,18,21)/t12-/m0/s1. The lowest BCUT2D eigenvalue weighted by Crippen LogP contribution is -2.43. The van der Waals surface area contributed by atoms with E-state index in [0.29, 0.717) is 19.0 Å². The monoisotopic (exact) mass is 321 g/mol. The van der Waals surface area contributed by atoms with Crippen molar-refractivity contribution in [1.82, 2.24) is 5.32 Å². The van der Waals surface area contributed by atoms with Gasteiger partial charge in [-0.1, -0.05) is 6.07 Å². The summed E-state index contributed by atoms with van der Waals surface area (Å²) in [7, 11) is 0. The van der Waals surface area contributed by atoms with Crippen molar-refractivity contribution in [3.63, 3.8) is 0 Å². The van der Waals surface area contributed by atoms with Crippen molar-refractivity contribution >= 4 is 17.3 Å². The first-order chi connectivity index (χ1) is 11.1. The molecule has 6 nitrogen and oxygen atoms in total. The first-order valence-corrected chi connectivity index (χ1v) is 8.02. The quantitative estimate of drug-likeness (QED) is 0.668. The zero-order chi connectivity index (χ0) is 16.4. The molecule has 1 heterocycles. The summed E-state index contributed by atoms with van der Waals surface area (Å²) in [6, 6.07) is 4.10. The highest BCUT2D eigenvalue weighted by atomic mass is 19.1. The Morgan fingerprint density at radius 1 is 1.39 bits per heavy atom. The molecule has 1 aliphatic carbocycles. The molecule has 0 aromatic heterocycles. The SMILES string of the molecule is O=C(NCC1CC1)[C@H]1CCCN(c2cccc(F)c2[N+](=O)[O-])C1. The summed E-state index contributed by atoms with van der Waals surface area (Å²) >= 11 is 0. The molecule has 1 amide bonds. The van der Waals surface area contributed by atoms with Gasteiger partial charge in [-0.3, -0.25) is 14.9 Å². The van der Waals surface area contributed by atoms with Gasteiger partial charge in [0.25, 0.3) is 0 Å². The summed E-state index contributed by atoms with van der Waals surface area (Å²) in [6.07, 6.45) is 3.87. The summed E-state index contributed by atoms with van der Waals surface area (Å²) in [5.41, 5.74) is -0.249. The van der Waals surface area contributed by atoms with Crippen LogP contribution >= 0.6 is 0 Å². The molecular formula is C16H20FN3O3. The minimum atomic E-state index is -0.840. The van der Waals surface area contributed by atoms with E-state index in [1.165, 1.54) is 18.9 Å². The predicted octanol–water partition coefficient (Wildman–Crippen LogP) is 2.48. The number of para-hydroxylation sites is 1. The number of carbonyl (C=O) groups excluding carboxylic acids is 1. The molecule has 1 aliphatic heterocycles. The Labute approximate surface area is 133 Å². The molecule has 0 spiro atoms. The van der Waals surface area contributed by atoms with E-state index in [-0.39, 0.29) is 17.5 Å². The van der Waals surface area contributed by atoms with Crippen LogP contribution in [0.5, 0.6) is 0 Å². The van der Waals surface area contributed by atoms with Gasteiger partial charge in [0, 0.05) is 19.6 Å². The molecule has 2 fully saturated rings. The maximum atomic E-state index is 13.8. The normalized spacial score (nSPS) is 21.1. The highest BCUT2D eigenvalue weighted by molar-refractivity contribution is 5.80. The molecule has 0 radical (unpaired) electrons. The number of nitro benzene ring substituents is 1. The van der Waals surface area contributed by atoms with Crippen LogP contribution in [0.15, 0.2) is 18.2 Å². The smallest absolute Gasteiger partial charge is 0.327 e. The lowest BCUT2D eigenvalue weighted by atomic mass is 9.96. The zero-order valence-corrected chi connectivity index (χ0v) is 12.8. The van der Waals surface area contributed by atoms with Gasteiger partial charge in [-0.05, 0) is 43.7 Å². The molecule has 23 heavy (non-hydrogen) atoms. The van der Waals surface area contributed by atoms with Crippen LogP contribution in [0, 0.1) is 27.8 Å². The molecule has 1 aromatic rings. The first kappa shape index (κ1) is 15.7. The fourth-order valence-corrected chi connectivity index (χ4v) is 3.06. The Morgan fingerprint density at radius 3 is 2.87 bits per heavy atom. The summed E-state index contributed by atoms with van der Waals surface area (Å²) in [5.74, 6) is -0.429. The van der Waals surface area contributed by atoms with Gasteiger partial charge in [0.1, 0.15) is 5.69 Å². The van der Waals surface area contributed by atoms with Crippen LogP contribution in [0.25, 0.3) is 0 Å². The number of nitrogens with one attached hydrogen (secondary N) is 1. The van der Waals surface area contributed by atoms with Crippen LogP contribution in [0.4, 0.5) is 15.8 Å². The molecule has 1 N–H and O–H groups in total. The third kappa shape index (κ3) is 3.60. The largest absolute Gasteiger partial charge is 0.365 e. The zero-order valence-electron chi connectivity index (χ0n) is 12.8. The van der Waals surface area contributed by atoms with Gasteiger partial charge in [0.2, 0.25) is 11.7 Å². The van der Waals surface area contributed by atoms with Crippen molar-refractivity contribution in [2.75, 3.05) is 24.5 Å². The topological polar surface area (TPSA) is 75.5 Å². The molecule has 124 valence electrons. The average molecular weight is 321 g/mol. The number of carbonyl (C=O) groups is 1. The number of hydrogen-bond donors (Lipinski definition) is 1. The average Bonchev–Trinajstić information content (AvgIpc) is 3.36. The number of amides is 1. The van der Waals surface area contributed by atoms with Gasteiger partial charge < -0.3 is 10.2 Å². The predicted molar refractivity (Wildman–Crippen MR) is 83.7 cm³/mol. The first-order valence-electron chi connectivity index (χ1n) is 8.02. The lowest BCUT2D eigenvalue weighted by Gasteiger charge is -2.33. The Hall–Kier alpha value is -2.18. The number of halogens is 1. The van der Waals surface area contributed by atoms with E-state index in [4.69, 9.17) is 0 Å². The molecule has 3 rings (SSSR count). The van der Waals surface area contributed by atoms with Gasteiger partial charge in [0.05, 0.1) is 10.8 Å². The second-order valence-electron chi connectivity index (χ2n) is 6.34. The summed E-state index contributed by atoms with van der Waals surface area (Å²) in [4.78, 5) is 24.5. The van der Waals surface area contributed by atoms with Crippen molar-refractivity contribution in [2.45, 2.75) is 25.7 Å². The van der Waals surface area contributed by atoms with Crippen LogP contribution in [-0.2, 0) is 4.79 Å².